The predicted molar refractivity (Wildman–Crippen MR) is 66.5 cm³/mol. The molecular formula is C9H7IN2O3S. The SMILES string of the molecule is O=S(=O)(Nc1cccc(I)c1)c1ccon1. The molecule has 0 fully saturated rings. The number of halogens is 1. The molecule has 1 heterocycles. The maximum atomic E-state index is 11.7. The lowest BCUT2D eigenvalue weighted by Crippen LogP contribution is -2.13. The minimum absolute atomic E-state index is 0.133. The van der Waals surface area contributed by atoms with Crippen LogP contribution in [0.25, 0.3) is 0 Å². The quantitative estimate of drug-likeness (QED) is 0.861. The number of hydrogen-bond acceptors (Lipinski definition) is 4. The number of hydrogen-bond donors (Lipinski definition) is 1. The van der Waals surface area contributed by atoms with Crippen molar-refractivity contribution in [2.75, 3.05) is 4.72 Å². The van der Waals surface area contributed by atoms with Gasteiger partial charge in [0.25, 0.3) is 10.0 Å². The second-order valence-corrected chi connectivity index (χ2v) is 5.83. The summed E-state index contributed by atoms with van der Waals surface area (Å²) < 4.78 is 31.3. The summed E-state index contributed by atoms with van der Waals surface area (Å²) in [5.41, 5.74) is 0.495. The molecule has 16 heavy (non-hydrogen) atoms. The Morgan fingerprint density at radius 2 is 2.12 bits per heavy atom. The molecule has 0 saturated carbocycles. The van der Waals surface area contributed by atoms with Crippen molar-refractivity contribution in [1.82, 2.24) is 5.16 Å². The van der Waals surface area contributed by atoms with Gasteiger partial charge in [0.1, 0.15) is 6.26 Å². The van der Waals surface area contributed by atoms with Gasteiger partial charge < -0.3 is 4.52 Å². The minimum Gasteiger partial charge on any atom is -0.363 e. The Labute approximate surface area is 106 Å². The molecule has 84 valence electrons. The highest BCUT2D eigenvalue weighted by Gasteiger charge is 2.17. The second-order valence-electron chi connectivity index (χ2n) is 2.95. The van der Waals surface area contributed by atoms with E-state index in [0.29, 0.717) is 5.69 Å². The van der Waals surface area contributed by atoms with Gasteiger partial charge in [0.2, 0.25) is 5.03 Å². The first-order chi connectivity index (χ1) is 7.58. The zero-order chi connectivity index (χ0) is 11.6. The maximum Gasteiger partial charge on any atom is 0.282 e. The highest BCUT2D eigenvalue weighted by atomic mass is 127. The molecule has 2 rings (SSSR count). The van der Waals surface area contributed by atoms with E-state index in [9.17, 15) is 8.42 Å². The van der Waals surface area contributed by atoms with Crippen LogP contribution in [-0.2, 0) is 10.0 Å². The standard InChI is InChI=1S/C9H7IN2O3S/c10-7-2-1-3-8(6-7)12-16(13,14)9-4-5-15-11-9/h1-6,12H. The Bertz CT molecular complexity index is 581. The van der Waals surface area contributed by atoms with Crippen LogP contribution in [0.15, 0.2) is 46.1 Å². The average molecular weight is 350 g/mol. The predicted octanol–water partition coefficient (Wildman–Crippen LogP) is 2.08. The van der Waals surface area contributed by atoms with Crippen molar-refractivity contribution in [3.05, 3.63) is 40.2 Å². The number of benzene rings is 1. The van der Waals surface area contributed by atoms with E-state index in [1.165, 1.54) is 12.3 Å². The van der Waals surface area contributed by atoms with Crippen LogP contribution in [0.5, 0.6) is 0 Å². The largest absolute Gasteiger partial charge is 0.363 e. The highest BCUT2D eigenvalue weighted by molar-refractivity contribution is 14.1. The summed E-state index contributed by atoms with van der Waals surface area (Å²) >= 11 is 2.10. The molecule has 0 radical (unpaired) electrons. The third-order valence-corrected chi connectivity index (χ3v) is 3.70. The van der Waals surface area contributed by atoms with Gasteiger partial charge in [-0.2, -0.15) is 8.42 Å². The Hall–Kier alpha value is -1.09. The number of nitrogens with zero attached hydrogens (tertiary/aromatic N) is 1. The number of nitrogens with one attached hydrogen (secondary N) is 1. The molecule has 0 spiro atoms. The lowest BCUT2D eigenvalue weighted by atomic mass is 10.3. The number of aromatic nitrogens is 1. The summed E-state index contributed by atoms with van der Waals surface area (Å²) in [4.78, 5) is 0. The number of sulfonamides is 1. The smallest absolute Gasteiger partial charge is 0.282 e. The van der Waals surface area contributed by atoms with Crippen LogP contribution in [0, 0.1) is 3.57 Å². The van der Waals surface area contributed by atoms with Crippen LogP contribution < -0.4 is 4.72 Å². The van der Waals surface area contributed by atoms with Gasteiger partial charge in [0.15, 0.2) is 0 Å². The summed E-state index contributed by atoms with van der Waals surface area (Å²) in [6, 6.07) is 8.31. The monoisotopic (exact) mass is 350 g/mol. The Morgan fingerprint density at radius 1 is 1.31 bits per heavy atom. The number of rotatable bonds is 3. The molecule has 0 unspecified atom stereocenters. The van der Waals surface area contributed by atoms with E-state index in [4.69, 9.17) is 0 Å². The minimum atomic E-state index is -3.64. The molecule has 1 aromatic heterocycles. The van der Waals surface area contributed by atoms with Crippen molar-refractivity contribution in [2.45, 2.75) is 5.03 Å². The van der Waals surface area contributed by atoms with E-state index in [1.807, 2.05) is 6.07 Å². The van der Waals surface area contributed by atoms with Crippen molar-refractivity contribution in [3.8, 4) is 0 Å². The third-order valence-electron chi connectivity index (χ3n) is 1.77. The van der Waals surface area contributed by atoms with Gasteiger partial charge in [-0.25, -0.2) is 0 Å². The molecule has 7 heteroatoms. The van der Waals surface area contributed by atoms with E-state index in [-0.39, 0.29) is 5.03 Å². The topological polar surface area (TPSA) is 72.2 Å². The summed E-state index contributed by atoms with van der Waals surface area (Å²) in [5, 5.41) is 3.25. The van der Waals surface area contributed by atoms with Crippen molar-refractivity contribution in [1.29, 1.82) is 0 Å². The third kappa shape index (κ3) is 2.53. The van der Waals surface area contributed by atoms with Crippen LogP contribution in [0.3, 0.4) is 0 Å². The summed E-state index contributed by atoms with van der Waals surface area (Å²) in [6.45, 7) is 0. The molecule has 0 amide bonds. The highest BCUT2D eigenvalue weighted by Crippen LogP contribution is 2.16. The molecule has 1 aromatic carbocycles. The van der Waals surface area contributed by atoms with Gasteiger partial charge in [-0.15, -0.1) is 0 Å². The second kappa shape index (κ2) is 4.42. The van der Waals surface area contributed by atoms with E-state index >= 15 is 0 Å². The van der Waals surface area contributed by atoms with Crippen molar-refractivity contribution in [3.63, 3.8) is 0 Å². The molecule has 0 aliphatic carbocycles. The van der Waals surface area contributed by atoms with Gasteiger partial charge in [0, 0.05) is 15.3 Å². The molecule has 5 nitrogen and oxygen atoms in total. The molecule has 1 N–H and O–H groups in total. The van der Waals surface area contributed by atoms with Crippen molar-refractivity contribution >= 4 is 38.3 Å². The normalized spacial score (nSPS) is 11.3. The van der Waals surface area contributed by atoms with E-state index < -0.39 is 10.0 Å². The number of anilines is 1. The van der Waals surface area contributed by atoms with Crippen molar-refractivity contribution in [2.24, 2.45) is 0 Å². The van der Waals surface area contributed by atoms with Crippen LogP contribution in [-0.4, -0.2) is 13.6 Å². The lowest BCUT2D eigenvalue weighted by molar-refractivity contribution is 0.401. The summed E-state index contributed by atoms with van der Waals surface area (Å²) in [6.07, 6.45) is 1.21. The molecule has 0 saturated heterocycles. The fraction of sp³-hybridized carbons (Fsp3) is 0. The van der Waals surface area contributed by atoms with Gasteiger partial charge in [-0.1, -0.05) is 11.2 Å². The average Bonchev–Trinajstić information content (AvgIpc) is 2.69. The van der Waals surface area contributed by atoms with Crippen LogP contribution in [0.4, 0.5) is 5.69 Å². The Kier molecular flexibility index (Phi) is 3.15. The Morgan fingerprint density at radius 3 is 2.75 bits per heavy atom. The fourth-order valence-electron chi connectivity index (χ4n) is 1.10. The molecule has 0 aliphatic heterocycles. The van der Waals surface area contributed by atoms with Crippen LogP contribution in [0.1, 0.15) is 0 Å². The van der Waals surface area contributed by atoms with E-state index in [1.54, 1.807) is 18.2 Å². The molecule has 0 bridgehead atoms. The first-order valence-corrected chi connectivity index (χ1v) is 6.83. The van der Waals surface area contributed by atoms with E-state index in [2.05, 4.69) is 37.0 Å². The van der Waals surface area contributed by atoms with Gasteiger partial charge in [0.05, 0.1) is 0 Å². The van der Waals surface area contributed by atoms with Crippen LogP contribution >= 0.6 is 22.6 Å². The van der Waals surface area contributed by atoms with Gasteiger partial charge in [-0.3, -0.25) is 4.72 Å². The summed E-state index contributed by atoms with van der Waals surface area (Å²) in [7, 11) is -3.64. The van der Waals surface area contributed by atoms with Crippen molar-refractivity contribution < 1.29 is 12.9 Å². The first-order valence-electron chi connectivity index (χ1n) is 4.27. The zero-order valence-corrected chi connectivity index (χ0v) is 10.9. The van der Waals surface area contributed by atoms with Gasteiger partial charge >= 0.3 is 0 Å². The Balaban J connectivity index is 2.29. The molecular weight excluding hydrogens is 343 g/mol. The molecule has 0 aliphatic rings. The first kappa shape index (κ1) is 11.4. The van der Waals surface area contributed by atoms with E-state index in [0.717, 1.165) is 3.57 Å². The molecule has 0 atom stereocenters. The van der Waals surface area contributed by atoms with Gasteiger partial charge in [-0.05, 0) is 40.8 Å². The lowest BCUT2D eigenvalue weighted by Gasteiger charge is -2.04. The van der Waals surface area contributed by atoms with Crippen LogP contribution in [0.2, 0.25) is 0 Å². The zero-order valence-electron chi connectivity index (χ0n) is 7.92. The molecule has 2 aromatic rings. The summed E-state index contributed by atoms with van der Waals surface area (Å²) in [5.74, 6) is 0. The fourth-order valence-corrected chi connectivity index (χ4v) is 2.56. The maximum absolute atomic E-state index is 11.7.